The average Bonchev–Trinajstić information content (AvgIpc) is 2.50. The summed E-state index contributed by atoms with van der Waals surface area (Å²) in [5.41, 5.74) is 3.72. The molecular weight excluding hydrogens is 510 g/mol. The van der Waals surface area contributed by atoms with Gasteiger partial charge in [0, 0.05) is 9.13 Å². The fourth-order valence-electron chi connectivity index (χ4n) is 1.68. The van der Waals surface area contributed by atoms with Crippen molar-refractivity contribution in [1.82, 2.24) is 5.43 Å². The molecule has 0 aliphatic heterocycles. The zero-order valence-electron chi connectivity index (χ0n) is 11.5. The van der Waals surface area contributed by atoms with Crippen LogP contribution in [0.1, 0.15) is 15.9 Å². The van der Waals surface area contributed by atoms with E-state index in [1.54, 1.807) is 24.3 Å². The first-order chi connectivity index (χ1) is 10.5. The Hall–Kier alpha value is -1.36. The molecule has 0 bridgehead atoms. The number of carbonyl (C=O) groups is 1. The second-order valence-corrected chi connectivity index (χ2v) is 6.67. The summed E-state index contributed by atoms with van der Waals surface area (Å²) in [4.78, 5) is 11.9. The molecule has 2 aromatic carbocycles. The van der Waals surface area contributed by atoms with Gasteiger partial charge in [-0.05, 0) is 81.1 Å². The smallest absolute Gasteiger partial charge is 0.271 e. The first-order valence-electron chi connectivity index (χ1n) is 6.16. The van der Waals surface area contributed by atoms with Gasteiger partial charge in [0.1, 0.15) is 0 Å². The molecule has 0 saturated heterocycles. The van der Waals surface area contributed by atoms with E-state index in [1.807, 2.05) is 34.7 Å². The van der Waals surface area contributed by atoms with E-state index >= 15 is 0 Å². The molecule has 0 spiro atoms. The van der Waals surface area contributed by atoms with Gasteiger partial charge in [-0.1, -0.05) is 6.07 Å². The summed E-state index contributed by atoms with van der Waals surface area (Å²) in [6.07, 6.45) is 1.50. The van der Waals surface area contributed by atoms with Crippen LogP contribution in [0.3, 0.4) is 0 Å². The van der Waals surface area contributed by atoms with Gasteiger partial charge in [-0.2, -0.15) is 5.10 Å². The van der Waals surface area contributed by atoms with Crippen molar-refractivity contribution in [2.45, 2.75) is 0 Å². The van der Waals surface area contributed by atoms with E-state index in [0.717, 1.165) is 3.57 Å². The van der Waals surface area contributed by atoms with E-state index in [-0.39, 0.29) is 11.7 Å². The van der Waals surface area contributed by atoms with Crippen molar-refractivity contribution in [2.24, 2.45) is 5.10 Å². The van der Waals surface area contributed by atoms with E-state index < -0.39 is 0 Å². The van der Waals surface area contributed by atoms with Crippen molar-refractivity contribution in [3.05, 3.63) is 54.7 Å². The second kappa shape index (κ2) is 7.77. The molecule has 2 rings (SSSR count). The minimum absolute atomic E-state index is 0.0862. The minimum Gasteiger partial charge on any atom is -0.504 e. The van der Waals surface area contributed by atoms with Crippen molar-refractivity contribution in [3.8, 4) is 11.5 Å². The Bertz CT molecular complexity index is 733. The fraction of sp³-hybridized carbons (Fsp3) is 0.0667. The molecule has 114 valence electrons. The summed E-state index contributed by atoms with van der Waals surface area (Å²) < 4.78 is 6.69. The molecule has 22 heavy (non-hydrogen) atoms. The standard InChI is InChI=1S/C15H12I2N2O3/c1-22-13-6-9(5-12(17)14(13)20)8-18-19-15(21)10-3-2-4-11(16)7-10/h2-8,20H,1H3,(H,19,21)/b18-8-. The molecule has 0 radical (unpaired) electrons. The van der Waals surface area contributed by atoms with Gasteiger partial charge in [0.15, 0.2) is 11.5 Å². The largest absolute Gasteiger partial charge is 0.504 e. The normalized spacial score (nSPS) is 10.7. The quantitative estimate of drug-likeness (QED) is 0.368. The van der Waals surface area contributed by atoms with Gasteiger partial charge in [-0.25, -0.2) is 5.43 Å². The maximum atomic E-state index is 11.9. The highest BCUT2D eigenvalue weighted by Crippen LogP contribution is 2.31. The van der Waals surface area contributed by atoms with Crippen LogP contribution in [0.15, 0.2) is 41.5 Å². The molecular formula is C15H12I2N2O3. The number of methoxy groups -OCH3 is 1. The average molecular weight is 522 g/mol. The van der Waals surface area contributed by atoms with E-state index in [4.69, 9.17) is 4.74 Å². The predicted molar refractivity (Wildman–Crippen MR) is 102 cm³/mol. The van der Waals surface area contributed by atoms with Gasteiger partial charge in [-0.3, -0.25) is 4.79 Å². The highest BCUT2D eigenvalue weighted by Gasteiger charge is 2.08. The van der Waals surface area contributed by atoms with Crippen LogP contribution in [-0.2, 0) is 0 Å². The SMILES string of the molecule is COc1cc(/C=N\NC(=O)c2cccc(I)c2)cc(I)c1O. The van der Waals surface area contributed by atoms with Gasteiger partial charge in [0.25, 0.3) is 5.91 Å². The zero-order valence-corrected chi connectivity index (χ0v) is 15.8. The highest BCUT2D eigenvalue weighted by molar-refractivity contribution is 14.1. The molecule has 0 aromatic heterocycles. The number of halogens is 2. The Kier molecular flexibility index (Phi) is 6.00. The Morgan fingerprint density at radius 3 is 2.77 bits per heavy atom. The fourth-order valence-corrected chi connectivity index (χ4v) is 2.85. The van der Waals surface area contributed by atoms with Crippen molar-refractivity contribution in [3.63, 3.8) is 0 Å². The molecule has 0 atom stereocenters. The van der Waals surface area contributed by atoms with Gasteiger partial charge < -0.3 is 9.84 Å². The van der Waals surface area contributed by atoms with Crippen molar-refractivity contribution < 1.29 is 14.6 Å². The molecule has 0 aliphatic carbocycles. The zero-order chi connectivity index (χ0) is 16.1. The summed E-state index contributed by atoms with van der Waals surface area (Å²) in [6, 6.07) is 10.6. The predicted octanol–water partition coefficient (Wildman–Crippen LogP) is 3.37. The lowest BCUT2D eigenvalue weighted by Crippen LogP contribution is -2.17. The number of nitrogens with zero attached hydrogens (tertiary/aromatic N) is 1. The molecule has 7 heteroatoms. The summed E-state index contributed by atoms with van der Waals surface area (Å²) in [7, 11) is 1.48. The summed E-state index contributed by atoms with van der Waals surface area (Å²) >= 11 is 4.14. The lowest BCUT2D eigenvalue weighted by atomic mass is 10.2. The first-order valence-corrected chi connectivity index (χ1v) is 8.32. The topological polar surface area (TPSA) is 70.9 Å². The maximum Gasteiger partial charge on any atom is 0.271 e. The van der Waals surface area contributed by atoms with Crippen LogP contribution in [-0.4, -0.2) is 24.3 Å². The lowest BCUT2D eigenvalue weighted by Gasteiger charge is -2.06. The summed E-state index contributed by atoms with van der Waals surface area (Å²) in [5.74, 6) is 0.163. The van der Waals surface area contributed by atoms with E-state index in [9.17, 15) is 9.90 Å². The number of phenolic OH excluding ortho intramolecular Hbond substituents is 1. The van der Waals surface area contributed by atoms with Crippen LogP contribution in [0.5, 0.6) is 11.5 Å². The minimum atomic E-state index is -0.282. The van der Waals surface area contributed by atoms with E-state index in [0.29, 0.717) is 20.4 Å². The number of aromatic hydroxyl groups is 1. The molecule has 0 heterocycles. The molecule has 5 nitrogen and oxygen atoms in total. The lowest BCUT2D eigenvalue weighted by molar-refractivity contribution is 0.0955. The number of hydrogen-bond donors (Lipinski definition) is 2. The van der Waals surface area contributed by atoms with Crippen LogP contribution < -0.4 is 10.2 Å². The number of phenols is 1. The van der Waals surface area contributed by atoms with Crippen molar-refractivity contribution >= 4 is 57.3 Å². The summed E-state index contributed by atoms with van der Waals surface area (Å²) in [5, 5.41) is 13.7. The number of carbonyl (C=O) groups excluding carboxylic acids is 1. The summed E-state index contributed by atoms with van der Waals surface area (Å²) in [6.45, 7) is 0. The molecule has 0 saturated carbocycles. The number of benzene rings is 2. The number of hydrogen-bond acceptors (Lipinski definition) is 4. The number of rotatable bonds is 4. The number of nitrogens with one attached hydrogen (secondary N) is 1. The number of amides is 1. The van der Waals surface area contributed by atoms with Gasteiger partial charge in [0.05, 0.1) is 16.9 Å². The van der Waals surface area contributed by atoms with Gasteiger partial charge in [0.2, 0.25) is 0 Å². The van der Waals surface area contributed by atoms with Crippen LogP contribution in [0.2, 0.25) is 0 Å². The van der Waals surface area contributed by atoms with Crippen molar-refractivity contribution in [1.29, 1.82) is 0 Å². The molecule has 2 N–H and O–H groups in total. The van der Waals surface area contributed by atoms with Crippen LogP contribution in [0.25, 0.3) is 0 Å². The number of hydrazone groups is 1. The van der Waals surface area contributed by atoms with E-state index in [2.05, 4.69) is 33.1 Å². The second-order valence-electron chi connectivity index (χ2n) is 4.26. The Labute approximate surface area is 155 Å². The third-order valence-electron chi connectivity index (χ3n) is 2.74. The van der Waals surface area contributed by atoms with E-state index in [1.165, 1.54) is 13.3 Å². The Balaban J connectivity index is 2.10. The first kappa shape index (κ1) is 17.0. The molecule has 1 amide bonds. The molecule has 0 fully saturated rings. The van der Waals surface area contributed by atoms with Crippen LogP contribution in [0.4, 0.5) is 0 Å². The third kappa shape index (κ3) is 4.32. The maximum absolute atomic E-state index is 11.9. The molecule has 0 aliphatic rings. The van der Waals surface area contributed by atoms with Crippen LogP contribution in [0, 0.1) is 7.14 Å². The third-order valence-corrected chi connectivity index (χ3v) is 4.23. The monoisotopic (exact) mass is 522 g/mol. The molecule has 2 aromatic rings. The molecule has 0 unspecified atom stereocenters. The highest BCUT2D eigenvalue weighted by atomic mass is 127. The Morgan fingerprint density at radius 1 is 1.32 bits per heavy atom. The van der Waals surface area contributed by atoms with Crippen LogP contribution >= 0.6 is 45.2 Å². The Morgan fingerprint density at radius 2 is 2.09 bits per heavy atom. The van der Waals surface area contributed by atoms with Gasteiger partial charge in [-0.15, -0.1) is 0 Å². The number of ether oxygens (including phenoxy) is 1. The van der Waals surface area contributed by atoms with Gasteiger partial charge >= 0.3 is 0 Å². The van der Waals surface area contributed by atoms with Crippen molar-refractivity contribution in [2.75, 3.05) is 7.11 Å².